The van der Waals surface area contributed by atoms with E-state index in [1.165, 1.54) is 49.5 Å². The Morgan fingerprint density at radius 1 is 0.847 bits per heavy atom. The van der Waals surface area contributed by atoms with Gasteiger partial charge in [0, 0.05) is 46.8 Å². The smallest absolute Gasteiger partial charge is 0.744 e. The number of fused-ring (bicyclic) bond motifs is 3. The van der Waals surface area contributed by atoms with Crippen molar-refractivity contribution in [3.05, 3.63) is 113 Å². The third kappa shape index (κ3) is 11.9. The summed E-state index contributed by atoms with van der Waals surface area (Å²) in [4.78, 5) is 28.4. The van der Waals surface area contributed by atoms with Gasteiger partial charge >= 0.3 is 59.1 Å². The number of nitrogens with zero attached hydrogens (tertiary/aromatic N) is 3. The Bertz CT molecular complexity index is 3570. The minimum atomic E-state index is -5.24. The van der Waals surface area contributed by atoms with Crippen molar-refractivity contribution in [1.82, 2.24) is 15.2 Å². The first-order valence-electron chi connectivity index (χ1n) is 21.2. The number of aromatic nitrogens is 1. The second-order valence-electron chi connectivity index (χ2n) is 18.0. The summed E-state index contributed by atoms with van der Waals surface area (Å²) in [6.45, 7) is 9.95. The molecule has 0 radical (unpaired) electrons. The van der Waals surface area contributed by atoms with Gasteiger partial charge in [0.1, 0.15) is 42.2 Å². The first kappa shape index (κ1) is 56.8. The van der Waals surface area contributed by atoms with Gasteiger partial charge in [-0.1, -0.05) is 65.0 Å². The second kappa shape index (κ2) is 21.8. The number of aliphatic imine (C=N–C) groups is 1. The third-order valence-electron chi connectivity index (χ3n) is 11.2. The van der Waals surface area contributed by atoms with E-state index in [1.807, 2.05) is 34.6 Å². The van der Waals surface area contributed by atoms with E-state index in [9.17, 15) is 44.4 Å². The average Bonchev–Trinajstić information content (AvgIpc) is 3.27. The Morgan fingerprint density at radius 3 is 2.18 bits per heavy atom. The molecule has 1 aliphatic carbocycles. The Balaban J connectivity index is 0.00000423. The molecular weight excluding hydrogens is 1030 g/mol. The number of amidine groups is 1. The van der Waals surface area contributed by atoms with Crippen molar-refractivity contribution in [2.45, 2.75) is 72.5 Å². The number of hydrogen-bond acceptors (Lipinski definition) is 19. The van der Waals surface area contributed by atoms with Crippen LogP contribution in [0.1, 0.15) is 74.5 Å². The van der Waals surface area contributed by atoms with Gasteiger partial charge in [0.25, 0.3) is 10.0 Å². The van der Waals surface area contributed by atoms with E-state index >= 15 is 0 Å². The fraction of sp³-hybridized carbons (Fsp3) is 0.234. The molecule has 6 aromatic rings. The van der Waals surface area contributed by atoms with Crippen LogP contribution in [0, 0.1) is 16.7 Å². The van der Waals surface area contributed by atoms with Crippen LogP contribution >= 0.6 is 12.0 Å². The zero-order valence-electron chi connectivity index (χ0n) is 40.2. The zero-order valence-corrected chi connectivity index (χ0v) is 47.4. The first-order valence-corrected chi connectivity index (χ1v) is 26.3. The molecule has 2 heterocycles. The van der Waals surface area contributed by atoms with Crippen LogP contribution in [0.3, 0.4) is 0 Å². The number of nitriles is 1. The van der Waals surface area contributed by atoms with E-state index in [1.54, 1.807) is 36.4 Å². The fourth-order valence-corrected chi connectivity index (χ4v) is 11.5. The summed E-state index contributed by atoms with van der Waals surface area (Å²) in [5.41, 5.74) is 2.95. The van der Waals surface area contributed by atoms with Gasteiger partial charge in [-0.05, 0) is 83.0 Å². The minimum absolute atomic E-state index is 0. The van der Waals surface area contributed by atoms with E-state index in [-0.39, 0.29) is 156 Å². The van der Waals surface area contributed by atoms with Gasteiger partial charge in [-0.15, -0.1) is 9.32 Å². The number of ether oxygens (including phenoxy) is 1. The van der Waals surface area contributed by atoms with E-state index < -0.39 is 51.2 Å². The number of benzene rings is 5. The number of anilines is 3. The summed E-state index contributed by atoms with van der Waals surface area (Å²) in [5, 5.41) is 15.9. The molecule has 25 heteroatoms. The summed E-state index contributed by atoms with van der Waals surface area (Å²) < 4.78 is 118. The maximum atomic E-state index is 15.0. The summed E-state index contributed by atoms with van der Waals surface area (Å²) in [5.74, 6) is -1.38. The molecule has 8 rings (SSSR count). The van der Waals surface area contributed by atoms with Crippen molar-refractivity contribution in [3.8, 4) is 28.7 Å². The SMILES string of the molecule is CNOOSc1ccc2c(c1)S(=O)(=O)NC(c1c(NCCC#N)nc3c(Oc4ccc(C(C)(C)CC(C)(C)C)cc4S(=O)(=O)[O-])cc(Nc4ccc(S(=O)(=O)[O-])cc4)c4c3c1-c1ccccc1C4=O)=N2.[Na+].[Na+]. The maximum absolute atomic E-state index is 15.0. The topological polar surface area (TPSA) is 290 Å². The molecule has 0 saturated heterocycles. The average molecular weight is 1070 g/mol. The van der Waals surface area contributed by atoms with E-state index in [2.05, 4.69) is 26.9 Å². The number of ketones is 1. The van der Waals surface area contributed by atoms with Gasteiger partial charge < -0.3 is 24.5 Å². The molecule has 0 fully saturated rings. The predicted molar refractivity (Wildman–Crippen MR) is 259 cm³/mol. The fourth-order valence-electron chi connectivity index (χ4n) is 8.72. The Kier molecular flexibility index (Phi) is 17.2. The van der Waals surface area contributed by atoms with Crippen LogP contribution in [-0.2, 0) is 45.0 Å². The molecule has 1 aliphatic heterocycles. The third-order valence-corrected chi connectivity index (χ3v) is 14.9. The summed E-state index contributed by atoms with van der Waals surface area (Å²) in [7, 11) is -13.0. The molecule has 0 amide bonds. The van der Waals surface area contributed by atoms with Crippen molar-refractivity contribution >= 4 is 87.7 Å². The molecule has 0 unspecified atom stereocenters. The molecule has 2 aliphatic rings. The van der Waals surface area contributed by atoms with Crippen molar-refractivity contribution in [1.29, 1.82) is 5.26 Å². The number of pyridine rings is 1. The van der Waals surface area contributed by atoms with Gasteiger partial charge in [-0.2, -0.15) is 10.7 Å². The molecule has 5 aromatic carbocycles. The van der Waals surface area contributed by atoms with Gasteiger partial charge in [-0.3, -0.25) is 9.52 Å². The Hall–Kier alpha value is -4.46. The number of sulfonamides is 1. The number of nitrogens with one attached hydrogen (secondary N) is 4. The predicted octanol–water partition coefficient (Wildman–Crippen LogP) is 2.30. The quantitative estimate of drug-likeness (QED) is 0.0270. The second-order valence-corrected chi connectivity index (χ2v) is 23.2. The monoisotopic (exact) mass is 1070 g/mol. The summed E-state index contributed by atoms with van der Waals surface area (Å²) >= 11 is 0.736. The molecule has 364 valence electrons. The van der Waals surface area contributed by atoms with Gasteiger partial charge in [0.05, 0.1) is 56.8 Å². The van der Waals surface area contributed by atoms with Crippen LogP contribution in [0.15, 0.2) is 116 Å². The number of carbonyl (C=O) groups excluding carboxylic acids is 1. The molecule has 0 saturated carbocycles. The van der Waals surface area contributed by atoms with Crippen LogP contribution in [0.5, 0.6) is 11.5 Å². The van der Waals surface area contributed by atoms with Crippen molar-refractivity contribution in [2.24, 2.45) is 10.4 Å². The standard InChI is InChI=1S/C47H45N7O12S4.2Na/c1-46(2,3)25-47(4,5)26-12-19-34(37(22-26)70(61,62)63)64-35-24-33(51-27-13-16-29(17-14-27)69(58,59)60)39-40-38(30-10-7-8-11-31(30)43(39)55)41(44(53-42(35)40)50-21-9-20-48)45-52-32-18-15-28(67-66-65-49-6)23-36(32)68(56,57)54-45;;/h7-8,10-19,22-24,49,51H,9,21,25H2,1-6H3,(H,50,53)(H,52,54)(H,58,59,60)(H,61,62,63);;/q;2*+1/p-2. The Labute approximate surface area is 465 Å². The molecule has 1 aromatic heterocycles. The van der Waals surface area contributed by atoms with Gasteiger partial charge in [0.2, 0.25) is 0 Å². The van der Waals surface area contributed by atoms with E-state index in [0.717, 1.165) is 24.2 Å². The normalized spacial score (nSPS) is 13.8. The molecular formula is C47H43N7Na2O12S4. The number of rotatable bonds is 16. The van der Waals surface area contributed by atoms with Crippen LogP contribution in [0.25, 0.3) is 22.0 Å². The maximum Gasteiger partial charge on any atom is 1.00 e. The Morgan fingerprint density at radius 2 is 1.54 bits per heavy atom. The van der Waals surface area contributed by atoms with Crippen molar-refractivity contribution in [2.75, 3.05) is 24.2 Å². The van der Waals surface area contributed by atoms with Crippen molar-refractivity contribution in [3.63, 3.8) is 0 Å². The molecule has 0 bridgehead atoms. The summed E-state index contributed by atoms with van der Waals surface area (Å²) in [6.07, 6.45) is 0.568. The van der Waals surface area contributed by atoms with Gasteiger partial charge in [0.15, 0.2) is 17.4 Å². The number of carbonyl (C=O) groups is 1. The van der Waals surface area contributed by atoms with Crippen LogP contribution in [0.2, 0.25) is 0 Å². The van der Waals surface area contributed by atoms with E-state index in [0.29, 0.717) is 22.4 Å². The molecule has 4 N–H and O–H groups in total. The number of hydrogen-bond donors (Lipinski definition) is 4. The minimum Gasteiger partial charge on any atom is -0.744 e. The largest absolute Gasteiger partial charge is 1.00 e. The molecule has 19 nitrogen and oxygen atoms in total. The van der Waals surface area contributed by atoms with Crippen LogP contribution in [-0.4, -0.2) is 64.6 Å². The van der Waals surface area contributed by atoms with Crippen molar-refractivity contribution < 1.29 is 112 Å². The van der Waals surface area contributed by atoms with Gasteiger partial charge in [-0.25, -0.2) is 35.2 Å². The number of hydroxylamine groups is 1. The van der Waals surface area contributed by atoms with Crippen LogP contribution < -0.4 is 84.7 Å². The molecule has 72 heavy (non-hydrogen) atoms. The van der Waals surface area contributed by atoms with E-state index in [4.69, 9.17) is 24.0 Å². The van der Waals surface area contributed by atoms with Crippen LogP contribution in [0.4, 0.5) is 22.9 Å². The molecule has 0 atom stereocenters. The first-order chi connectivity index (χ1) is 32.9. The zero-order chi connectivity index (χ0) is 50.6. The summed E-state index contributed by atoms with van der Waals surface area (Å²) in [6, 6.07) is 23.3. The molecule has 0 spiro atoms.